The second-order valence-electron chi connectivity index (χ2n) is 5.44. The Kier molecular flexibility index (Phi) is 6.56. The third-order valence-corrected chi connectivity index (χ3v) is 3.30. The Morgan fingerprint density at radius 3 is 2.71 bits per heavy atom. The zero-order valence-corrected chi connectivity index (χ0v) is 14.5. The molecule has 0 aliphatic rings. The number of nitrogens with one attached hydrogen (secondary N) is 2. The predicted molar refractivity (Wildman–Crippen MR) is 94.3 cm³/mol. The molecule has 0 aliphatic carbocycles. The lowest BCUT2D eigenvalue weighted by atomic mass is 10.2. The molecule has 0 atom stereocenters. The van der Waals surface area contributed by atoms with Crippen molar-refractivity contribution in [3.05, 3.63) is 24.4 Å². The minimum Gasteiger partial charge on any atom is -0.497 e. The van der Waals surface area contributed by atoms with Crippen LogP contribution < -0.4 is 20.1 Å². The summed E-state index contributed by atoms with van der Waals surface area (Å²) >= 11 is 0. The molecule has 1 aromatic heterocycles. The van der Waals surface area contributed by atoms with E-state index in [9.17, 15) is 0 Å². The van der Waals surface area contributed by atoms with Crippen molar-refractivity contribution >= 4 is 17.5 Å². The quantitative estimate of drug-likeness (QED) is 0.675. The number of ether oxygens (including phenoxy) is 2. The van der Waals surface area contributed by atoms with Crippen molar-refractivity contribution in [2.24, 2.45) is 0 Å². The molecule has 130 valence electrons. The Bertz CT molecular complexity index is 650. The molecule has 2 N–H and O–H groups in total. The molecule has 0 saturated heterocycles. The molecular formula is C16H24N6O2. The summed E-state index contributed by atoms with van der Waals surface area (Å²) < 4.78 is 10.5. The van der Waals surface area contributed by atoms with E-state index >= 15 is 0 Å². The van der Waals surface area contributed by atoms with Crippen LogP contribution in [-0.4, -0.2) is 61.5 Å². The number of anilines is 3. The van der Waals surface area contributed by atoms with Crippen molar-refractivity contribution in [2.45, 2.75) is 6.42 Å². The van der Waals surface area contributed by atoms with Crippen molar-refractivity contribution in [3.8, 4) is 11.5 Å². The molecule has 0 saturated carbocycles. The van der Waals surface area contributed by atoms with E-state index in [2.05, 4.69) is 44.8 Å². The summed E-state index contributed by atoms with van der Waals surface area (Å²) in [5, 5.41) is 14.3. The highest BCUT2D eigenvalue weighted by Gasteiger charge is 2.08. The number of hydrogen-bond acceptors (Lipinski definition) is 8. The van der Waals surface area contributed by atoms with E-state index in [1.165, 1.54) is 0 Å². The summed E-state index contributed by atoms with van der Waals surface area (Å²) in [6.45, 7) is 1.84. The molecule has 1 aromatic carbocycles. The van der Waals surface area contributed by atoms with E-state index in [1.54, 1.807) is 26.5 Å². The molecule has 0 fully saturated rings. The van der Waals surface area contributed by atoms with Gasteiger partial charge in [0.25, 0.3) is 0 Å². The van der Waals surface area contributed by atoms with E-state index < -0.39 is 0 Å². The summed E-state index contributed by atoms with van der Waals surface area (Å²) in [5.74, 6) is 2.44. The first kappa shape index (κ1) is 17.7. The minimum absolute atomic E-state index is 0.399. The molecule has 8 heteroatoms. The largest absolute Gasteiger partial charge is 0.497 e. The van der Waals surface area contributed by atoms with Crippen LogP contribution in [-0.2, 0) is 0 Å². The zero-order chi connectivity index (χ0) is 17.4. The van der Waals surface area contributed by atoms with E-state index in [-0.39, 0.29) is 0 Å². The second-order valence-corrected chi connectivity index (χ2v) is 5.44. The van der Waals surface area contributed by atoms with Gasteiger partial charge in [0.2, 0.25) is 5.95 Å². The smallest absolute Gasteiger partial charge is 0.249 e. The molecule has 0 amide bonds. The molecule has 0 unspecified atom stereocenters. The summed E-state index contributed by atoms with van der Waals surface area (Å²) in [4.78, 5) is 6.55. The van der Waals surface area contributed by atoms with Crippen LogP contribution in [0, 0.1) is 0 Å². The van der Waals surface area contributed by atoms with Gasteiger partial charge in [-0.25, -0.2) is 0 Å². The third kappa shape index (κ3) is 5.24. The maximum atomic E-state index is 5.35. The first-order valence-electron chi connectivity index (χ1n) is 7.69. The van der Waals surface area contributed by atoms with Crippen LogP contribution in [0.25, 0.3) is 0 Å². The second kappa shape index (κ2) is 8.88. The van der Waals surface area contributed by atoms with Crippen LogP contribution in [0.2, 0.25) is 0 Å². The molecule has 0 bridgehead atoms. The van der Waals surface area contributed by atoms with Crippen molar-refractivity contribution < 1.29 is 9.47 Å². The predicted octanol–water partition coefficient (Wildman–Crippen LogP) is 2.00. The number of methoxy groups -OCH3 is 2. The van der Waals surface area contributed by atoms with Gasteiger partial charge in [-0.1, -0.05) is 0 Å². The summed E-state index contributed by atoms with van der Waals surface area (Å²) in [6.07, 6.45) is 2.62. The Balaban J connectivity index is 2.01. The number of aromatic nitrogens is 3. The average Bonchev–Trinajstić information content (AvgIpc) is 2.59. The van der Waals surface area contributed by atoms with Gasteiger partial charge in [0, 0.05) is 12.6 Å². The van der Waals surface area contributed by atoms with Crippen molar-refractivity contribution in [1.82, 2.24) is 20.1 Å². The molecule has 2 rings (SSSR count). The molecular weight excluding hydrogens is 308 g/mol. The standard InChI is InChI=1S/C16H24N6O2/c1-22(2)9-5-8-17-15-11-18-21-16(20-15)19-13-7-6-12(23-3)10-14(13)24-4/h6-7,10-11H,5,8-9H2,1-4H3,(H2,17,19,20,21). The Morgan fingerprint density at radius 2 is 2.00 bits per heavy atom. The lowest BCUT2D eigenvalue weighted by Gasteiger charge is -2.12. The van der Waals surface area contributed by atoms with Gasteiger partial charge in [-0.3, -0.25) is 0 Å². The molecule has 24 heavy (non-hydrogen) atoms. The molecule has 0 aliphatic heterocycles. The van der Waals surface area contributed by atoms with Gasteiger partial charge in [0.05, 0.1) is 26.1 Å². The van der Waals surface area contributed by atoms with Gasteiger partial charge in [-0.05, 0) is 39.2 Å². The fourth-order valence-electron chi connectivity index (χ4n) is 2.08. The summed E-state index contributed by atoms with van der Waals surface area (Å²) in [5.41, 5.74) is 0.741. The molecule has 2 aromatic rings. The van der Waals surface area contributed by atoms with Gasteiger partial charge in [0.15, 0.2) is 5.82 Å². The molecule has 1 heterocycles. The lowest BCUT2D eigenvalue weighted by molar-refractivity contribution is 0.395. The lowest BCUT2D eigenvalue weighted by Crippen LogP contribution is -2.17. The van der Waals surface area contributed by atoms with Crippen LogP contribution in [0.5, 0.6) is 11.5 Å². The summed E-state index contributed by atoms with van der Waals surface area (Å²) in [6, 6.07) is 5.47. The monoisotopic (exact) mass is 332 g/mol. The Labute approximate surface area is 142 Å². The van der Waals surface area contributed by atoms with Gasteiger partial charge in [-0.2, -0.15) is 10.1 Å². The van der Waals surface area contributed by atoms with Gasteiger partial charge in [0.1, 0.15) is 11.5 Å². The van der Waals surface area contributed by atoms with E-state index in [0.717, 1.165) is 25.2 Å². The first-order valence-corrected chi connectivity index (χ1v) is 7.69. The SMILES string of the molecule is COc1ccc(Nc2nncc(NCCCN(C)C)n2)c(OC)c1. The average molecular weight is 332 g/mol. The van der Waals surface area contributed by atoms with Crippen LogP contribution >= 0.6 is 0 Å². The van der Waals surface area contributed by atoms with Crippen molar-refractivity contribution in [2.75, 3.05) is 52.0 Å². The zero-order valence-electron chi connectivity index (χ0n) is 14.5. The number of hydrogen-bond donors (Lipinski definition) is 2. The van der Waals surface area contributed by atoms with E-state index in [0.29, 0.717) is 23.3 Å². The molecule has 0 spiro atoms. The maximum absolute atomic E-state index is 5.35. The highest BCUT2D eigenvalue weighted by atomic mass is 16.5. The Morgan fingerprint density at radius 1 is 1.17 bits per heavy atom. The fourth-order valence-corrected chi connectivity index (χ4v) is 2.08. The summed E-state index contributed by atoms with van der Waals surface area (Å²) in [7, 11) is 7.31. The topological polar surface area (TPSA) is 84.4 Å². The van der Waals surface area contributed by atoms with Gasteiger partial charge in [-0.15, -0.1) is 5.10 Å². The van der Waals surface area contributed by atoms with E-state index in [1.807, 2.05) is 12.1 Å². The minimum atomic E-state index is 0.399. The molecule has 8 nitrogen and oxygen atoms in total. The highest BCUT2D eigenvalue weighted by Crippen LogP contribution is 2.30. The Hall–Kier alpha value is -2.61. The number of benzene rings is 1. The van der Waals surface area contributed by atoms with Crippen LogP contribution in [0.15, 0.2) is 24.4 Å². The van der Waals surface area contributed by atoms with Gasteiger partial charge >= 0.3 is 0 Å². The van der Waals surface area contributed by atoms with Crippen LogP contribution in [0.1, 0.15) is 6.42 Å². The number of nitrogens with zero attached hydrogens (tertiary/aromatic N) is 4. The van der Waals surface area contributed by atoms with Crippen LogP contribution in [0.3, 0.4) is 0 Å². The highest BCUT2D eigenvalue weighted by molar-refractivity contribution is 5.64. The van der Waals surface area contributed by atoms with Crippen molar-refractivity contribution in [1.29, 1.82) is 0 Å². The number of rotatable bonds is 9. The fraction of sp³-hybridized carbons (Fsp3) is 0.438. The first-order chi connectivity index (χ1) is 11.6. The molecule has 0 radical (unpaired) electrons. The van der Waals surface area contributed by atoms with Crippen LogP contribution in [0.4, 0.5) is 17.5 Å². The van der Waals surface area contributed by atoms with Gasteiger partial charge < -0.3 is 25.0 Å². The maximum Gasteiger partial charge on any atom is 0.249 e. The third-order valence-electron chi connectivity index (χ3n) is 3.30. The van der Waals surface area contributed by atoms with E-state index in [4.69, 9.17) is 9.47 Å². The van der Waals surface area contributed by atoms with Crippen molar-refractivity contribution in [3.63, 3.8) is 0 Å². The normalized spacial score (nSPS) is 10.5.